The fourth-order valence-electron chi connectivity index (χ4n) is 2.35. The summed E-state index contributed by atoms with van der Waals surface area (Å²) in [6, 6.07) is 9.70. The van der Waals surface area contributed by atoms with Crippen molar-refractivity contribution in [1.29, 1.82) is 5.41 Å². The zero-order chi connectivity index (χ0) is 18.6. The smallest absolute Gasteiger partial charge is 0.339 e. The average molecular weight is 338 g/mol. The van der Waals surface area contributed by atoms with E-state index in [1.165, 1.54) is 32.2 Å². The van der Waals surface area contributed by atoms with E-state index in [0.717, 1.165) is 5.56 Å². The number of ether oxygens (including phenoxy) is 1. The minimum absolute atomic E-state index is 0.0214. The molecular weight excluding hydrogens is 320 g/mol. The molecule has 2 aromatic rings. The third-order valence-corrected chi connectivity index (χ3v) is 3.65. The number of hydrogen-bond donors (Lipinski definition) is 3. The molecule has 6 nitrogen and oxygen atoms in total. The number of aromatic carboxylic acids is 1. The Morgan fingerprint density at radius 2 is 1.80 bits per heavy atom. The number of anilines is 1. The zero-order valence-corrected chi connectivity index (χ0v) is 13.9. The number of rotatable bonds is 6. The van der Waals surface area contributed by atoms with E-state index in [1.54, 1.807) is 30.3 Å². The topological polar surface area (TPSA) is 113 Å². The molecule has 25 heavy (non-hydrogen) atoms. The van der Waals surface area contributed by atoms with E-state index in [2.05, 4.69) is 0 Å². The Labute approximate surface area is 145 Å². The summed E-state index contributed by atoms with van der Waals surface area (Å²) in [6.07, 6.45) is 3.18. The van der Waals surface area contributed by atoms with Gasteiger partial charge in [-0.15, -0.1) is 0 Å². The Balaban J connectivity index is 2.36. The van der Waals surface area contributed by atoms with Crippen LogP contribution in [0.25, 0.3) is 6.08 Å². The second-order valence-electron chi connectivity index (χ2n) is 5.34. The molecule has 0 radical (unpaired) electrons. The standard InChI is InChI=1S/C19H18N2O4/c1-11(22)13-6-3-12(4-7-13)5-9-15(20)17-16(21)10-8-14(19(23)24)18(17)25-2/h3-10,20H,21H2,1-2H3,(H,23,24)/b9-5+,20-15?. The van der Waals surface area contributed by atoms with Gasteiger partial charge in [-0.25, -0.2) is 4.79 Å². The van der Waals surface area contributed by atoms with Crippen LogP contribution in [0.2, 0.25) is 0 Å². The maximum atomic E-state index is 11.3. The van der Waals surface area contributed by atoms with Crippen LogP contribution in [0.3, 0.4) is 0 Å². The first kappa shape index (κ1) is 17.9. The first-order valence-electron chi connectivity index (χ1n) is 7.43. The molecular formula is C19H18N2O4. The summed E-state index contributed by atoms with van der Waals surface area (Å²) in [4.78, 5) is 22.6. The van der Waals surface area contributed by atoms with Crippen molar-refractivity contribution in [2.75, 3.05) is 12.8 Å². The van der Waals surface area contributed by atoms with Crippen LogP contribution >= 0.6 is 0 Å². The van der Waals surface area contributed by atoms with E-state index in [4.69, 9.17) is 15.9 Å². The summed E-state index contributed by atoms with van der Waals surface area (Å²) >= 11 is 0. The fourth-order valence-corrected chi connectivity index (χ4v) is 2.35. The third kappa shape index (κ3) is 3.92. The molecule has 0 heterocycles. The molecule has 0 fully saturated rings. The Morgan fingerprint density at radius 1 is 1.16 bits per heavy atom. The van der Waals surface area contributed by atoms with Crippen LogP contribution in [0.5, 0.6) is 5.75 Å². The van der Waals surface area contributed by atoms with Crippen LogP contribution in [0.4, 0.5) is 5.69 Å². The quantitative estimate of drug-likeness (QED) is 0.425. The van der Waals surface area contributed by atoms with E-state index < -0.39 is 5.97 Å². The van der Waals surface area contributed by atoms with Crippen molar-refractivity contribution in [1.82, 2.24) is 0 Å². The van der Waals surface area contributed by atoms with Gasteiger partial charge in [-0.05, 0) is 30.7 Å². The molecule has 2 aromatic carbocycles. The molecule has 0 aliphatic heterocycles. The lowest BCUT2D eigenvalue weighted by Crippen LogP contribution is -2.09. The van der Waals surface area contributed by atoms with Gasteiger partial charge in [0.15, 0.2) is 5.78 Å². The lowest BCUT2D eigenvalue weighted by Gasteiger charge is -2.13. The van der Waals surface area contributed by atoms with Crippen molar-refractivity contribution in [2.24, 2.45) is 0 Å². The number of carbonyl (C=O) groups is 2. The first-order chi connectivity index (χ1) is 11.8. The van der Waals surface area contributed by atoms with Crippen LogP contribution in [-0.4, -0.2) is 29.7 Å². The summed E-state index contributed by atoms with van der Waals surface area (Å²) in [7, 11) is 1.34. The molecule has 0 aliphatic rings. The zero-order valence-electron chi connectivity index (χ0n) is 13.9. The highest BCUT2D eigenvalue weighted by Gasteiger charge is 2.19. The number of benzene rings is 2. The van der Waals surface area contributed by atoms with Crippen molar-refractivity contribution < 1.29 is 19.4 Å². The molecule has 0 bridgehead atoms. The number of nitrogens with one attached hydrogen (secondary N) is 1. The molecule has 4 N–H and O–H groups in total. The average Bonchev–Trinajstić information content (AvgIpc) is 2.59. The lowest BCUT2D eigenvalue weighted by molar-refractivity contribution is 0.0693. The number of nitrogens with two attached hydrogens (primary N) is 1. The molecule has 0 saturated heterocycles. The van der Waals surface area contributed by atoms with Gasteiger partial charge >= 0.3 is 5.97 Å². The number of Topliss-reactive ketones (excluding diaryl/α,β-unsaturated/α-hetero) is 1. The van der Waals surface area contributed by atoms with Gasteiger partial charge in [0, 0.05) is 11.3 Å². The second-order valence-corrected chi connectivity index (χ2v) is 5.34. The monoisotopic (exact) mass is 338 g/mol. The number of carboxylic acids is 1. The van der Waals surface area contributed by atoms with Gasteiger partial charge < -0.3 is 21.0 Å². The van der Waals surface area contributed by atoms with Gasteiger partial charge in [-0.3, -0.25) is 4.79 Å². The molecule has 0 amide bonds. The number of hydrogen-bond acceptors (Lipinski definition) is 5. The highest BCUT2D eigenvalue weighted by molar-refractivity contribution is 6.15. The fraction of sp³-hybridized carbons (Fsp3) is 0.105. The van der Waals surface area contributed by atoms with Gasteiger partial charge in [0.05, 0.1) is 18.4 Å². The summed E-state index contributed by atoms with van der Waals surface area (Å²) in [5.41, 5.74) is 7.74. The Morgan fingerprint density at radius 3 is 2.32 bits per heavy atom. The van der Waals surface area contributed by atoms with E-state index in [-0.39, 0.29) is 34.1 Å². The predicted molar refractivity (Wildman–Crippen MR) is 96.7 cm³/mol. The number of carbonyl (C=O) groups excluding carboxylic acids is 1. The van der Waals surface area contributed by atoms with Crippen LogP contribution in [-0.2, 0) is 0 Å². The van der Waals surface area contributed by atoms with E-state index >= 15 is 0 Å². The summed E-state index contributed by atoms with van der Waals surface area (Å²) in [5.74, 6) is -1.13. The Hall–Kier alpha value is -3.41. The highest BCUT2D eigenvalue weighted by Crippen LogP contribution is 2.30. The van der Waals surface area contributed by atoms with Gasteiger partial charge in [0.1, 0.15) is 11.3 Å². The molecule has 2 rings (SSSR count). The van der Waals surface area contributed by atoms with Crippen LogP contribution in [0, 0.1) is 5.41 Å². The van der Waals surface area contributed by atoms with Crippen LogP contribution < -0.4 is 10.5 Å². The van der Waals surface area contributed by atoms with Gasteiger partial charge in [-0.1, -0.05) is 30.3 Å². The molecule has 0 aromatic heterocycles. The Bertz CT molecular complexity index is 868. The number of methoxy groups -OCH3 is 1. The lowest BCUT2D eigenvalue weighted by atomic mass is 10.0. The molecule has 0 aliphatic carbocycles. The van der Waals surface area contributed by atoms with Crippen LogP contribution in [0.1, 0.15) is 38.8 Å². The number of allylic oxidation sites excluding steroid dienone is 1. The second kappa shape index (κ2) is 7.44. The molecule has 0 unspecified atom stereocenters. The minimum atomic E-state index is -1.16. The summed E-state index contributed by atoms with van der Waals surface area (Å²) in [5, 5.41) is 17.5. The third-order valence-electron chi connectivity index (χ3n) is 3.65. The molecule has 0 atom stereocenters. The van der Waals surface area contributed by atoms with Crippen molar-refractivity contribution in [3.8, 4) is 5.75 Å². The van der Waals surface area contributed by atoms with Crippen LogP contribution in [0.15, 0.2) is 42.5 Å². The highest BCUT2D eigenvalue weighted by atomic mass is 16.5. The maximum Gasteiger partial charge on any atom is 0.339 e. The first-order valence-corrected chi connectivity index (χ1v) is 7.43. The summed E-state index contributed by atoms with van der Waals surface area (Å²) in [6.45, 7) is 1.49. The maximum absolute atomic E-state index is 11.3. The SMILES string of the molecule is COc1c(C(=O)O)ccc(N)c1C(=N)/C=C/c1ccc(C(C)=O)cc1. The van der Waals surface area contributed by atoms with E-state index in [1.807, 2.05) is 0 Å². The van der Waals surface area contributed by atoms with E-state index in [9.17, 15) is 14.7 Å². The molecule has 128 valence electrons. The van der Waals surface area contributed by atoms with Gasteiger partial charge in [0.2, 0.25) is 0 Å². The summed E-state index contributed by atoms with van der Waals surface area (Å²) < 4.78 is 5.16. The van der Waals surface area contributed by atoms with Crippen molar-refractivity contribution in [2.45, 2.75) is 6.92 Å². The number of nitrogen functional groups attached to an aromatic ring is 1. The van der Waals surface area contributed by atoms with Gasteiger partial charge in [0.25, 0.3) is 0 Å². The molecule has 0 spiro atoms. The van der Waals surface area contributed by atoms with Crippen molar-refractivity contribution >= 4 is 29.2 Å². The van der Waals surface area contributed by atoms with Gasteiger partial charge in [-0.2, -0.15) is 0 Å². The Kier molecular flexibility index (Phi) is 5.34. The predicted octanol–water partition coefficient (Wildman–Crippen LogP) is 3.26. The van der Waals surface area contributed by atoms with E-state index in [0.29, 0.717) is 5.56 Å². The minimum Gasteiger partial charge on any atom is -0.495 e. The molecule has 6 heteroatoms. The van der Waals surface area contributed by atoms with Crippen molar-refractivity contribution in [3.63, 3.8) is 0 Å². The van der Waals surface area contributed by atoms with Crippen molar-refractivity contribution in [3.05, 3.63) is 64.7 Å². The number of ketones is 1. The number of carboxylic acid groups (broad SMARTS) is 1. The molecule has 0 saturated carbocycles. The normalized spacial score (nSPS) is 10.6. The largest absolute Gasteiger partial charge is 0.495 e.